The van der Waals surface area contributed by atoms with Crippen molar-refractivity contribution >= 4 is 33.5 Å². The van der Waals surface area contributed by atoms with Gasteiger partial charge in [-0.3, -0.25) is 0 Å². The highest BCUT2D eigenvalue weighted by atomic mass is 35.5. The van der Waals surface area contributed by atoms with Crippen molar-refractivity contribution in [2.24, 2.45) is 0 Å². The fourth-order valence-electron chi connectivity index (χ4n) is 4.89. The molecule has 7 aromatic rings. The third-order valence-corrected chi connectivity index (χ3v) is 7.02. The summed E-state index contributed by atoms with van der Waals surface area (Å²) in [5.74, 6) is 0.668. The van der Waals surface area contributed by atoms with Crippen molar-refractivity contribution < 1.29 is 4.42 Å². The molecule has 0 N–H and O–H groups in total. The predicted molar refractivity (Wildman–Crippen MR) is 156 cm³/mol. The molecule has 0 atom stereocenters. The largest absolute Gasteiger partial charge is 0.455 e. The van der Waals surface area contributed by atoms with Gasteiger partial charge >= 0.3 is 0 Å². The molecule has 0 unspecified atom stereocenters. The van der Waals surface area contributed by atoms with E-state index in [-0.39, 0.29) is 0 Å². The summed E-state index contributed by atoms with van der Waals surface area (Å²) in [6, 6.07) is 42.8. The smallest absolute Gasteiger partial charge is 0.160 e. The zero-order valence-corrected chi connectivity index (χ0v) is 21.1. The van der Waals surface area contributed by atoms with Gasteiger partial charge in [-0.2, -0.15) is 0 Å². The number of aromatic nitrogens is 2. The molecule has 2 heterocycles. The maximum Gasteiger partial charge on any atom is 0.160 e. The van der Waals surface area contributed by atoms with E-state index in [0.717, 1.165) is 55.6 Å². The molecule has 0 bridgehead atoms. The van der Waals surface area contributed by atoms with E-state index < -0.39 is 0 Å². The Kier molecular flexibility index (Phi) is 5.49. The fourth-order valence-corrected chi connectivity index (χ4v) is 5.06. The Morgan fingerprint density at radius 2 is 1.16 bits per heavy atom. The highest BCUT2D eigenvalue weighted by molar-refractivity contribution is 6.31. The first-order valence-electron chi connectivity index (χ1n) is 12.4. The summed E-state index contributed by atoms with van der Waals surface area (Å²) in [5.41, 5.74) is 8.48. The number of halogens is 1. The minimum Gasteiger partial charge on any atom is -0.455 e. The molecule has 2 aromatic heterocycles. The summed E-state index contributed by atoms with van der Waals surface area (Å²) in [4.78, 5) is 9.98. The second-order valence-electron chi connectivity index (χ2n) is 9.20. The number of furan rings is 1. The number of para-hydroxylation sites is 1. The molecule has 0 aliphatic carbocycles. The first-order chi connectivity index (χ1) is 18.7. The molecule has 180 valence electrons. The van der Waals surface area contributed by atoms with Crippen molar-refractivity contribution in [3.63, 3.8) is 0 Å². The zero-order chi connectivity index (χ0) is 25.5. The summed E-state index contributed by atoms with van der Waals surface area (Å²) >= 11 is 6.30. The second-order valence-corrected chi connectivity index (χ2v) is 9.63. The maximum atomic E-state index is 6.33. The third-order valence-electron chi connectivity index (χ3n) is 6.78. The molecule has 0 radical (unpaired) electrons. The highest BCUT2D eigenvalue weighted by Gasteiger charge is 2.16. The number of benzene rings is 5. The Labute approximate surface area is 225 Å². The van der Waals surface area contributed by atoms with Crippen LogP contribution in [0.3, 0.4) is 0 Å². The Morgan fingerprint density at radius 1 is 0.500 bits per heavy atom. The molecule has 0 saturated carbocycles. The predicted octanol–water partition coefficient (Wildman–Crippen LogP) is 9.70. The average Bonchev–Trinajstić information content (AvgIpc) is 3.36. The van der Waals surface area contributed by atoms with E-state index in [1.165, 1.54) is 5.56 Å². The van der Waals surface area contributed by atoms with Gasteiger partial charge < -0.3 is 4.42 Å². The lowest BCUT2D eigenvalue weighted by Crippen LogP contribution is -1.96. The lowest BCUT2D eigenvalue weighted by Gasteiger charge is -2.10. The molecule has 0 spiro atoms. The first-order valence-corrected chi connectivity index (χ1v) is 12.8. The molecule has 0 fully saturated rings. The Bertz CT molecular complexity index is 1910. The number of fused-ring (bicyclic) bond motifs is 3. The van der Waals surface area contributed by atoms with Gasteiger partial charge in [-0.25, -0.2) is 9.97 Å². The molecule has 3 nitrogen and oxygen atoms in total. The Morgan fingerprint density at radius 3 is 1.92 bits per heavy atom. The van der Waals surface area contributed by atoms with Crippen LogP contribution in [-0.4, -0.2) is 9.97 Å². The second kappa shape index (κ2) is 9.29. The Balaban J connectivity index is 1.41. The minimum absolute atomic E-state index is 0.668. The molecule has 0 saturated heterocycles. The topological polar surface area (TPSA) is 38.9 Å². The van der Waals surface area contributed by atoms with Crippen LogP contribution in [-0.2, 0) is 0 Å². The van der Waals surface area contributed by atoms with Gasteiger partial charge in [0, 0.05) is 32.5 Å². The number of rotatable bonds is 4. The third kappa shape index (κ3) is 4.03. The molecule has 0 amide bonds. The summed E-state index contributed by atoms with van der Waals surface area (Å²) < 4.78 is 6.33. The van der Waals surface area contributed by atoms with Crippen molar-refractivity contribution in [2.75, 3.05) is 0 Å². The van der Waals surface area contributed by atoms with Crippen LogP contribution in [0.15, 0.2) is 132 Å². The van der Waals surface area contributed by atoms with Gasteiger partial charge in [-0.05, 0) is 41.5 Å². The fraction of sp³-hybridized carbons (Fsp3) is 0. The summed E-state index contributed by atoms with van der Waals surface area (Å²) in [7, 11) is 0. The molecule has 0 aliphatic rings. The van der Waals surface area contributed by atoms with Gasteiger partial charge in [0.25, 0.3) is 0 Å². The first kappa shape index (κ1) is 22.5. The van der Waals surface area contributed by atoms with E-state index in [1.807, 2.05) is 72.8 Å². The van der Waals surface area contributed by atoms with Crippen LogP contribution in [0.1, 0.15) is 0 Å². The standard InChI is InChI=1S/C34H21ClN2O/c35-26-18-19-32-29(20-26)27-12-7-13-28(33(27)38-32)31-21-30(36-34(37-31)25-10-5-2-6-11-25)24-16-14-23(15-17-24)22-8-3-1-4-9-22/h1-21H. The average molecular weight is 509 g/mol. The van der Waals surface area contributed by atoms with Gasteiger partial charge in [-0.1, -0.05) is 109 Å². The molecule has 0 aliphatic heterocycles. The number of hydrogen-bond acceptors (Lipinski definition) is 3. The molecular weight excluding hydrogens is 488 g/mol. The van der Waals surface area contributed by atoms with Gasteiger partial charge in [0.15, 0.2) is 5.82 Å². The highest BCUT2D eigenvalue weighted by Crippen LogP contribution is 2.37. The van der Waals surface area contributed by atoms with Crippen molar-refractivity contribution in [2.45, 2.75) is 0 Å². The maximum absolute atomic E-state index is 6.33. The number of hydrogen-bond donors (Lipinski definition) is 0. The summed E-state index contributed by atoms with van der Waals surface area (Å²) in [6.45, 7) is 0. The van der Waals surface area contributed by atoms with Crippen LogP contribution in [0, 0.1) is 0 Å². The van der Waals surface area contributed by atoms with Crippen LogP contribution < -0.4 is 0 Å². The Hall–Kier alpha value is -4.73. The van der Waals surface area contributed by atoms with E-state index in [1.54, 1.807) is 0 Å². The van der Waals surface area contributed by atoms with E-state index in [0.29, 0.717) is 10.8 Å². The molecular formula is C34H21ClN2O. The van der Waals surface area contributed by atoms with Crippen LogP contribution >= 0.6 is 11.6 Å². The molecule has 5 aromatic carbocycles. The normalized spacial score (nSPS) is 11.3. The molecule has 38 heavy (non-hydrogen) atoms. The quantitative estimate of drug-likeness (QED) is 0.237. The van der Waals surface area contributed by atoms with E-state index in [2.05, 4.69) is 54.6 Å². The van der Waals surface area contributed by atoms with Crippen molar-refractivity contribution in [3.05, 3.63) is 132 Å². The van der Waals surface area contributed by atoms with Crippen LogP contribution in [0.25, 0.3) is 67.0 Å². The number of nitrogens with zero attached hydrogens (tertiary/aromatic N) is 2. The van der Waals surface area contributed by atoms with Gasteiger partial charge in [0.2, 0.25) is 0 Å². The van der Waals surface area contributed by atoms with E-state index >= 15 is 0 Å². The van der Waals surface area contributed by atoms with E-state index in [4.69, 9.17) is 26.0 Å². The summed E-state index contributed by atoms with van der Waals surface area (Å²) in [5, 5.41) is 2.68. The van der Waals surface area contributed by atoms with Crippen LogP contribution in [0.4, 0.5) is 0 Å². The lowest BCUT2D eigenvalue weighted by molar-refractivity contribution is 0.670. The lowest BCUT2D eigenvalue weighted by atomic mass is 10.0. The zero-order valence-electron chi connectivity index (χ0n) is 20.3. The van der Waals surface area contributed by atoms with Crippen molar-refractivity contribution in [1.29, 1.82) is 0 Å². The van der Waals surface area contributed by atoms with Gasteiger partial charge in [-0.15, -0.1) is 0 Å². The monoisotopic (exact) mass is 508 g/mol. The van der Waals surface area contributed by atoms with Crippen molar-refractivity contribution in [1.82, 2.24) is 9.97 Å². The van der Waals surface area contributed by atoms with Crippen molar-refractivity contribution in [3.8, 4) is 45.0 Å². The SMILES string of the molecule is Clc1ccc2oc3c(-c4cc(-c5ccc(-c6ccccc6)cc5)nc(-c5ccccc5)n4)cccc3c2c1. The van der Waals surface area contributed by atoms with Gasteiger partial charge in [0.05, 0.1) is 11.4 Å². The van der Waals surface area contributed by atoms with Gasteiger partial charge in [0.1, 0.15) is 11.2 Å². The van der Waals surface area contributed by atoms with Crippen LogP contribution in [0.2, 0.25) is 5.02 Å². The van der Waals surface area contributed by atoms with E-state index in [9.17, 15) is 0 Å². The van der Waals surface area contributed by atoms with Crippen LogP contribution in [0.5, 0.6) is 0 Å². The molecule has 7 rings (SSSR count). The molecule has 4 heteroatoms. The minimum atomic E-state index is 0.668. The summed E-state index contributed by atoms with van der Waals surface area (Å²) in [6.07, 6.45) is 0.